The van der Waals surface area contributed by atoms with Gasteiger partial charge in [-0.1, -0.05) is 12.1 Å². The minimum absolute atomic E-state index is 0.158. The average Bonchev–Trinajstić information content (AvgIpc) is 2.93. The lowest BCUT2D eigenvalue weighted by Gasteiger charge is -2.11. The highest BCUT2D eigenvalue weighted by atomic mass is 16.5. The number of rotatable bonds is 7. The normalized spacial score (nSPS) is 10.7. The fourth-order valence-corrected chi connectivity index (χ4v) is 2.38. The van der Waals surface area contributed by atoms with E-state index in [1.807, 2.05) is 6.92 Å². The topological polar surface area (TPSA) is 108 Å². The molecule has 0 aliphatic rings. The number of para-hydroxylation sites is 2. The second kappa shape index (κ2) is 7.68. The number of anilines is 1. The molecule has 136 valence electrons. The first kappa shape index (κ1) is 17.5. The van der Waals surface area contributed by atoms with E-state index in [-0.39, 0.29) is 18.4 Å². The van der Waals surface area contributed by atoms with Gasteiger partial charge in [-0.3, -0.25) is 9.36 Å². The van der Waals surface area contributed by atoms with Gasteiger partial charge < -0.3 is 19.2 Å². The molecule has 1 aromatic carbocycles. The van der Waals surface area contributed by atoms with E-state index in [0.717, 1.165) is 0 Å². The van der Waals surface area contributed by atoms with E-state index in [1.54, 1.807) is 31.2 Å². The molecule has 2 aromatic heterocycles. The van der Waals surface area contributed by atoms with E-state index >= 15 is 0 Å². The summed E-state index contributed by atoms with van der Waals surface area (Å²) in [6.07, 6.45) is 1.40. The van der Waals surface area contributed by atoms with Crippen molar-refractivity contribution in [3.8, 4) is 11.9 Å². The van der Waals surface area contributed by atoms with Crippen molar-refractivity contribution >= 4 is 22.7 Å². The highest BCUT2D eigenvalue weighted by Gasteiger charge is 2.16. The van der Waals surface area contributed by atoms with Gasteiger partial charge in [-0.15, -0.1) is 0 Å². The van der Waals surface area contributed by atoms with E-state index in [2.05, 4.69) is 15.3 Å². The maximum absolute atomic E-state index is 12.4. The highest BCUT2D eigenvalue weighted by molar-refractivity contribution is 5.92. The Morgan fingerprint density at radius 3 is 2.77 bits per heavy atom. The number of nitrogens with zero attached hydrogens (tertiary/aromatic N) is 3. The Balaban J connectivity index is 1.81. The number of amides is 1. The summed E-state index contributed by atoms with van der Waals surface area (Å²) >= 11 is 0. The molecule has 9 nitrogen and oxygen atoms in total. The summed E-state index contributed by atoms with van der Waals surface area (Å²) in [6, 6.07) is 7.05. The van der Waals surface area contributed by atoms with Crippen LogP contribution in [0.5, 0.6) is 11.9 Å². The molecule has 9 heteroatoms. The first-order valence-electron chi connectivity index (χ1n) is 8.13. The fourth-order valence-electron chi connectivity index (χ4n) is 2.38. The van der Waals surface area contributed by atoms with Gasteiger partial charge >= 0.3 is 11.8 Å². The van der Waals surface area contributed by atoms with E-state index < -0.39 is 11.7 Å². The molecule has 0 saturated carbocycles. The molecule has 0 saturated heterocycles. The number of aromatic nitrogens is 3. The Bertz CT molecular complexity index is 979. The molecule has 0 aliphatic carbocycles. The number of carbonyl (C=O) groups is 1. The van der Waals surface area contributed by atoms with E-state index in [4.69, 9.17) is 13.9 Å². The Morgan fingerprint density at radius 2 is 2.00 bits per heavy atom. The summed E-state index contributed by atoms with van der Waals surface area (Å²) in [5, 5.41) is 2.65. The second-order valence-corrected chi connectivity index (χ2v) is 5.21. The van der Waals surface area contributed by atoms with Gasteiger partial charge in [-0.25, -0.2) is 9.78 Å². The standard InChI is InChI=1S/C17H18N4O5/c1-3-24-15-11(9-18-16(20-15)25-4-2)19-14(22)10-21-12-7-5-6-8-13(12)26-17(21)23/h5-9H,3-4,10H2,1-2H3,(H,19,22). The van der Waals surface area contributed by atoms with E-state index in [1.165, 1.54) is 10.8 Å². The van der Waals surface area contributed by atoms with Crippen LogP contribution in [0, 0.1) is 0 Å². The number of fused-ring (bicyclic) bond motifs is 1. The summed E-state index contributed by atoms with van der Waals surface area (Å²) < 4.78 is 17.0. The van der Waals surface area contributed by atoms with Crippen LogP contribution in [-0.4, -0.2) is 33.7 Å². The molecule has 0 radical (unpaired) electrons. The van der Waals surface area contributed by atoms with Crippen LogP contribution in [0.1, 0.15) is 13.8 Å². The number of ether oxygens (including phenoxy) is 2. The predicted molar refractivity (Wildman–Crippen MR) is 93.5 cm³/mol. The minimum Gasteiger partial charge on any atom is -0.476 e. The van der Waals surface area contributed by atoms with Gasteiger partial charge in [0.05, 0.1) is 24.9 Å². The predicted octanol–water partition coefficient (Wildman–Crippen LogP) is 1.82. The van der Waals surface area contributed by atoms with Crippen LogP contribution in [0.3, 0.4) is 0 Å². The molecule has 0 atom stereocenters. The first-order chi connectivity index (χ1) is 12.6. The van der Waals surface area contributed by atoms with Crippen molar-refractivity contribution in [3.63, 3.8) is 0 Å². The van der Waals surface area contributed by atoms with Crippen molar-refractivity contribution in [1.29, 1.82) is 0 Å². The molecule has 0 aliphatic heterocycles. The molecule has 3 rings (SSSR count). The second-order valence-electron chi connectivity index (χ2n) is 5.21. The van der Waals surface area contributed by atoms with Gasteiger partial charge in [0.25, 0.3) is 0 Å². The lowest BCUT2D eigenvalue weighted by atomic mass is 10.3. The monoisotopic (exact) mass is 358 g/mol. The van der Waals surface area contributed by atoms with Gasteiger partial charge in [0.2, 0.25) is 11.8 Å². The summed E-state index contributed by atoms with van der Waals surface area (Å²) in [5.74, 6) is -0.842. The largest absolute Gasteiger partial charge is 0.476 e. The maximum Gasteiger partial charge on any atom is 0.420 e. The smallest absolute Gasteiger partial charge is 0.420 e. The molecule has 1 N–H and O–H groups in total. The fraction of sp³-hybridized carbons (Fsp3) is 0.294. The van der Waals surface area contributed by atoms with E-state index in [9.17, 15) is 9.59 Å². The molecule has 2 heterocycles. The van der Waals surface area contributed by atoms with Gasteiger partial charge in [0.15, 0.2) is 5.58 Å². The van der Waals surface area contributed by atoms with Crippen molar-refractivity contribution in [3.05, 3.63) is 41.0 Å². The lowest BCUT2D eigenvalue weighted by Crippen LogP contribution is -2.25. The molecule has 0 spiro atoms. The highest BCUT2D eigenvalue weighted by Crippen LogP contribution is 2.23. The third-order valence-electron chi connectivity index (χ3n) is 3.44. The number of oxazole rings is 1. The zero-order chi connectivity index (χ0) is 18.5. The summed E-state index contributed by atoms with van der Waals surface area (Å²) in [4.78, 5) is 32.5. The van der Waals surface area contributed by atoms with Crippen LogP contribution in [0.2, 0.25) is 0 Å². The summed E-state index contributed by atoms with van der Waals surface area (Å²) in [7, 11) is 0. The molecule has 0 fully saturated rings. The Hall–Kier alpha value is -3.36. The molecular formula is C17H18N4O5. The van der Waals surface area contributed by atoms with Crippen LogP contribution >= 0.6 is 0 Å². The Morgan fingerprint density at radius 1 is 1.23 bits per heavy atom. The minimum atomic E-state index is -0.602. The van der Waals surface area contributed by atoms with Gasteiger partial charge in [0.1, 0.15) is 12.2 Å². The van der Waals surface area contributed by atoms with Crippen molar-refractivity contribution < 1.29 is 18.7 Å². The molecule has 1 amide bonds. The summed E-state index contributed by atoms with van der Waals surface area (Å²) in [6.45, 7) is 4.16. The Kier molecular flexibility index (Phi) is 5.16. The number of nitrogens with one attached hydrogen (secondary N) is 1. The average molecular weight is 358 g/mol. The lowest BCUT2D eigenvalue weighted by molar-refractivity contribution is -0.116. The maximum atomic E-state index is 12.4. The zero-order valence-electron chi connectivity index (χ0n) is 14.4. The number of hydrogen-bond acceptors (Lipinski definition) is 7. The molecule has 0 unspecified atom stereocenters. The summed E-state index contributed by atoms with van der Waals surface area (Å²) in [5.41, 5.74) is 1.26. The molecular weight excluding hydrogens is 340 g/mol. The van der Waals surface area contributed by atoms with Crippen LogP contribution in [0.15, 0.2) is 39.7 Å². The van der Waals surface area contributed by atoms with Crippen LogP contribution in [-0.2, 0) is 11.3 Å². The van der Waals surface area contributed by atoms with Crippen LogP contribution < -0.4 is 20.5 Å². The quantitative estimate of drug-likeness (QED) is 0.686. The number of benzene rings is 1. The number of hydrogen-bond donors (Lipinski definition) is 1. The van der Waals surface area contributed by atoms with Crippen molar-refractivity contribution in [1.82, 2.24) is 14.5 Å². The Labute approximate surface area is 148 Å². The van der Waals surface area contributed by atoms with Gasteiger partial charge in [-0.2, -0.15) is 4.98 Å². The van der Waals surface area contributed by atoms with Gasteiger partial charge in [-0.05, 0) is 26.0 Å². The number of carbonyl (C=O) groups excluding carboxylic acids is 1. The van der Waals surface area contributed by atoms with Crippen molar-refractivity contribution in [2.45, 2.75) is 20.4 Å². The molecule has 3 aromatic rings. The first-order valence-corrected chi connectivity index (χ1v) is 8.13. The molecule has 26 heavy (non-hydrogen) atoms. The zero-order valence-corrected chi connectivity index (χ0v) is 14.4. The SMILES string of the molecule is CCOc1ncc(NC(=O)Cn2c(=O)oc3ccccc32)c(OCC)n1. The molecule has 0 bridgehead atoms. The van der Waals surface area contributed by atoms with Crippen molar-refractivity contribution in [2.75, 3.05) is 18.5 Å². The van der Waals surface area contributed by atoms with Gasteiger partial charge in [0, 0.05) is 0 Å². The third-order valence-corrected chi connectivity index (χ3v) is 3.44. The van der Waals surface area contributed by atoms with Crippen molar-refractivity contribution in [2.24, 2.45) is 0 Å². The van der Waals surface area contributed by atoms with Crippen LogP contribution in [0.25, 0.3) is 11.1 Å². The van der Waals surface area contributed by atoms with E-state index in [0.29, 0.717) is 30.0 Å². The van der Waals surface area contributed by atoms with Crippen LogP contribution in [0.4, 0.5) is 5.69 Å². The third kappa shape index (κ3) is 3.66.